The van der Waals surface area contributed by atoms with Crippen LogP contribution in [0.15, 0.2) is 24.3 Å². The molecule has 0 aromatic carbocycles. The van der Waals surface area contributed by atoms with Crippen LogP contribution >= 0.6 is 0 Å². The highest BCUT2D eigenvalue weighted by Crippen LogP contribution is 2.23. The third kappa shape index (κ3) is 10.0. The van der Waals surface area contributed by atoms with Gasteiger partial charge < -0.3 is 25.1 Å². The molecule has 2 aliphatic rings. The van der Waals surface area contributed by atoms with E-state index in [0.29, 0.717) is 26.1 Å². The van der Waals surface area contributed by atoms with Crippen LogP contribution in [0, 0.1) is 5.92 Å². The van der Waals surface area contributed by atoms with Gasteiger partial charge in [-0.25, -0.2) is 13.3 Å². The first-order valence-corrected chi connectivity index (χ1v) is 13.8. The Morgan fingerprint density at radius 3 is 2.43 bits per heavy atom. The lowest BCUT2D eigenvalue weighted by molar-refractivity contribution is -0.132. The van der Waals surface area contributed by atoms with Crippen molar-refractivity contribution in [2.75, 3.05) is 32.7 Å². The summed E-state index contributed by atoms with van der Waals surface area (Å²) in [5, 5.41) is 5.56. The number of alkyl carbamates (subject to hydrolysis) is 1. The molecule has 11 nitrogen and oxygen atoms in total. The number of amides is 3. The van der Waals surface area contributed by atoms with Crippen molar-refractivity contribution in [3.63, 3.8) is 0 Å². The van der Waals surface area contributed by atoms with E-state index in [-0.39, 0.29) is 25.0 Å². The zero-order valence-corrected chi connectivity index (χ0v) is 23.1. The first-order chi connectivity index (χ1) is 17.4. The summed E-state index contributed by atoms with van der Waals surface area (Å²) in [5.41, 5.74) is 0.0630. The van der Waals surface area contributed by atoms with Gasteiger partial charge in [-0.1, -0.05) is 24.3 Å². The SMILES string of the molecule is C=CC(C)=CC(NCC(C=O)C1CCCN1C(=O)CNC(=O)OC(C)(C)C)C(=O)NS(=O)N1CCCC1. The summed E-state index contributed by atoms with van der Waals surface area (Å²) >= 11 is -1.63. The molecule has 2 rings (SSSR count). The maximum absolute atomic E-state index is 12.9. The van der Waals surface area contributed by atoms with Gasteiger partial charge in [0.25, 0.3) is 5.91 Å². The fourth-order valence-corrected chi connectivity index (χ4v) is 5.29. The van der Waals surface area contributed by atoms with Crippen molar-refractivity contribution in [3.05, 3.63) is 24.3 Å². The molecular weight excluding hydrogens is 498 g/mol. The van der Waals surface area contributed by atoms with E-state index in [1.807, 2.05) is 0 Å². The van der Waals surface area contributed by atoms with Crippen LogP contribution in [0.1, 0.15) is 53.4 Å². The smallest absolute Gasteiger partial charge is 0.408 e. The molecule has 208 valence electrons. The Labute approximate surface area is 222 Å². The fourth-order valence-electron chi connectivity index (χ4n) is 4.27. The molecule has 0 aliphatic carbocycles. The van der Waals surface area contributed by atoms with Crippen LogP contribution in [0.2, 0.25) is 0 Å². The number of nitrogens with zero attached hydrogens (tertiary/aromatic N) is 2. The maximum atomic E-state index is 12.9. The number of likely N-dealkylation sites (tertiary alicyclic amines) is 1. The van der Waals surface area contributed by atoms with Gasteiger partial charge in [-0.05, 0) is 53.4 Å². The van der Waals surface area contributed by atoms with Crippen LogP contribution in [0.4, 0.5) is 4.79 Å². The quantitative estimate of drug-likeness (QED) is 0.250. The van der Waals surface area contributed by atoms with E-state index in [1.165, 1.54) is 0 Å². The molecule has 0 aromatic heterocycles. The molecule has 2 fully saturated rings. The van der Waals surface area contributed by atoms with Gasteiger partial charge in [0.05, 0.1) is 0 Å². The number of carbonyl (C=O) groups excluding carboxylic acids is 4. The molecule has 4 unspecified atom stereocenters. The molecule has 0 radical (unpaired) electrons. The molecule has 0 saturated carbocycles. The second-order valence-electron chi connectivity index (χ2n) is 10.3. The number of nitrogens with one attached hydrogen (secondary N) is 3. The van der Waals surface area contributed by atoms with Crippen molar-refractivity contribution in [3.8, 4) is 0 Å². The molecule has 3 amide bonds. The summed E-state index contributed by atoms with van der Waals surface area (Å²) in [4.78, 5) is 51.3. The zero-order valence-electron chi connectivity index (χ0n) is 22.3. The molecule has 0 spiro atoms. The molecule has 37 heavy (non-hydrogen) atoms. The van der Waals surface area contributed by atoms with Crippen LogP contribution in [-0.2, 0) is 30.3 Å². The molecule has 0 bridgehead atoms. The Kier molecular flexibility index (Phi) is 11.9. The van der Waals surface area contributed by atoms with Crippen molar-refractivity contribution in [2.45, 2.75) is 71.1 Å². The topological polar surface area (TPSA) is 137 Å². The van der Waals surface area contributed by atoms with Gasteiger partial charge in [0.1, 0.15) is 24.5 Å². The molecule has 3 N–H and O–H groups in total. The Morgan fingerprint density at radius 1 is 1.16 bits per heavy atom. The van der Waals surface area contributed by atoms with Crippen LogP contribution < -0.4 is 15.4 Å². The summed E-state index contributed by atoms with van der Waals surface area (Å²) in [6.07, 6.45) is 6.58. The van der Waals surface area contributed by atoms with Crippen LogP contribution in [0.3, 0.4) is 0 Å². The minimum Gasteiger partial charge on any atom is -0.444 e. The summed E-state index contributed by atoms with van der Waals surface area (Å²) in [6.45, 7) is 12.4. The molecule has 2 saturated heterocycles. The number of carbonyl (C=O) groups is 4. The first-order valence-electron chi connectivity index (χ1n) is 12.7. The maximum Gasteiger partial charge on any atom is 0.408 e. The van der Waals surface area contributed by atoms with Crippen molar-refractivity contribution in [2.24, 2.45) is 5.92 Å². The number of hydrogen-bond donors (Lipinski definition) is 3. The van der Waals surface area contributed by atoms with Crippen molar-refractivity contribution in [1.82, 2.24) is 24.6 Å². The number of ether oxygens (including phenoxy) is 1. The van der Waals surface area contributed by atoms with Gasteiger partial charge in [-0.2, -0.15) is 0 Å². The van der Waals surface area contributed by atoms with E-state index >= 15 is 0 Å². The van der Waals surface area contributed by atoms with E-state index in [2.05, 4.69) is 21.9 Å². The molecule has 2 aliphatic heterocycles. The minimum atomic E-state index is -1.63. The minimum absolute atomic E-state index is 0.132. The second kappa shape index (κ2) is 14.4. The van der Waals surface area contributed by atoms with Gasteiger partial charge in [0, 0.05) is 38.1 Å². The van der Waals surface area contributed by atoms with Gasteiger partial charge in [-0.3, -0.25) is 14.3 Å². The van der Waals surface area contributed by atoms with E-state index < -0.39 is 40.7 Å². The summed E-state index contributed by atoms with van der Waals surface area (Å²) in [6, 6.07) is -1.21. The van der Waals surface area contributed by atoms with E-state index in [9.17, 15) is 23.4 Å². The molecule has 12 heteroatoms. The highest BCUT2D eigenvalue weighted by molar-refractivity contribution is 7.81. The highest BCUT2D eigenvalue weighted by atomic mass is 32.2. The van der Waals surface area contributed by atoms with E-state index in [1.54, 1.807) is 49.1 Å². The average molecular weight is 540 g/mol. The Balaban J connectivity index is 2.00. The molecule has 4 atom stereocenters. The third-order valence-corrected chi connectivity index (χ3v) is 7.38. The predicted molar refractivity (Wildman–Crippen MR) is 141 cm³/mol. The van der Waals surface area contributed by atoms with Gasteiger partial charge in [0.15, 0.2) is 11.2 Å². The van der Waals surface area contributed by atoms with Crippen LogP contribution in [0.5, 0.6) is 0 Å². The van der Waals surface area contributed by atoms with Crippen molar-refractivity contribution >= 4 is 35.4 Å². The van der Waals surface area contributed by atoms with Crippen molar-refractivity contribution < 1.29 is 28.1 Å². The number of aldehydes is 1. The lowest BCUT2D eigenvalue weighted by Gasteiger charge is -2.30. The molecule has 0 aromatic rings. The Morgan fingerprint density at radius 2 is 1.84 bits per heavy atom. The average Bonchev–Trinajstić information content (AvgIpc) is 3.53. The third-order valence-electron chi connectivity index (χ3n) is 6.17. The van der Waals surface area contributed by atoms with Crippen LogP contribution in [-0.4, -0.2) is 88.0 Å². The number of hydrogen-bond acceptors (Lipinski definition) is 7. The standard InChI is InChI=1S/C25H41N5O6S/c1-6-18(2)14-20(23(33)28-37(35)29-11-7-8-12-29)26-15-19(17-31)21-10-9-13-30(21)22(32)16-27-24(34)36-25(3,4)5/h6,14,17,19-21,26H,1,7-13,15-16H2,2-5H3,(H,27,34)(H,28,33). The van der Waals surface area contributed by atoms with Gasteiger partial charge >= 0.3 is 6.09 Å². The summed E-state index contributed by atoms with van der Waals surface area (Å²) < 4.78 is 21.9. The zero-order chi connectivity index (χ0) is 27.6. The van der Waals surface area contributed by atoms with Crippen LogP contribution in [0.25, 0.3) is 0 Å². The highest BCUT2D eigenvalue weighted by Gasteiger charge is 2.35. The monoisotopic (exact) mass is 539 g/mol. The predicted octanol–water partition coefficient (Wildman–Crippen LogP) is 1.20. The lowest BCUT2D eigenvalue weighted by atomic mass is 9.98. The van der Waals surface area contributed by atoms with E-state index in [0.717, 1.165) is 31.1 Å². The molecular formula is C25H41N5O6S. The fraction of sp³-hybridized carbons (Fsp3) is 0.680. The number of rotatable bonds is 12. The number of allylic oxidation sites excluding steroid dienone is 2. The van der Waals surface area contributed by atoms with E-state index in [4.69, 9.17) is 4.74 Å². The Bertz CT molecular complexity index is 896. The first kappa shape index (κ1) is 30.7. The van der Waals surface area contributed by atoms with Crippen molar-refractivity contribution in [1.29, 1.82) is 0 Å². The normalized spacial score (nSPS) is 21.1. The largest absolute Gasteiger partial charge is 0.444 e. The summed E-state index contributed by atoms with van der Waals surface area (Å²) in [5.74, 6) is -1.36. The molecule has 2 heterocycles. The van der Waals surface area contributed by atoms with Gasteiger partial charge in [-0.15, -0.1) is 0 Å². The summed E-state index contributed by atoms with van der Waals surface area (Å²) in [7, 11) is 0. The second-order valence-corrected chi connectivity index (χ2v) is 11.5. The lowest BCUT2D eigenvalue weighted by Crippen LogP contribution is -2.51. The Hall–Kier alpha value is -2.57. The van der Waals surface area contributed by atoms with Gasteiger partial charge in [0.2, 0.25) is 5.91 Å².